The zero-order valence-corrected chi connectivity index (χ0v) is 19.1. The minimum atomic E-state index is -1.06. The van der Waals surface area contributed by atoms with E-state index in [0.717, 1.165) is 12.8 Å². The molecule has 0 aliphatic carbocycles. The average molecular weight is 437 g/mol. The van der Waals surface area contributed by atoms with Gasteiger partial charge in [0, 0.05) is 12.6 Å². The third-order valence-electron chi connectivity index (χ3n) is 7.12. The maximum Gasteiger partial charge on any atom is 0.312 e. The Morgan fingerprint density at radius 3 is 2.71 bits per heavy atom. The fourth-order valence-corrected chi connectivity index (χ4v) is 5.80. The van der Waals surface area contributed by atoms with Crippen molar-refractivity contribution in [2.75, 3.05) is 19.8 Å². The van der Waals surface area contributed by atoms with Crippen LogP contribution < -0.4 is 0 Å². The molecule has 174 valence electrons. The lowest BCUT2D eigenvalue weighted by Crippen LogP contribution is -2.59. The van der Waals surface area contributed by atoms with E-state index in [1.165, 1.54) is 4.90 Å². The molecule has 2 amide bonds. The largest absolute Gasteiger partial charge is 0.466 e. The second kappa shape index (κ2) is 9.28. The Balaban J connectivity index is 2.05. The molecule has 8 nitrogen and oxygen atoms in total. The van der Waals surface area contributed by atoms with Crippen molar-refractivity contribution < 1.29 is 29.0 Å². The van der Waals surface area contributed by atoms with Gasteiger partial charge in [0.15, 0.2) is 0 Å². The van der Waals surface area contributed by atoms with Crippen LogP contribution in [0.25, 0.3) is 0 Å². The highest BCUT2D eigenvalue weighted by molar-refractivity contribution is 5.98. The third-order valence-corrected chi connectivity index (χ3v) is 7.12. The Labute approximate surface area is 184 Å². The van der Waals surface area contributed by atoms with Crippen molar-refractivity contribution in [1.29, 1.82) is 0 Å². The highest BCUT2D eigenvalue weighted by Crippen LogP contribution is 2.59. The van der Waals surface area contributed by atoms with Gasteiger partial charge in [0.05, 0.1) is 37.2 Å². The minimum Gasteiger partial charge on any atom is -0.466 e. The molecule has 3 saturated heterocycles. The number of carbonyl (C=O) groups excluding carboxylic acids is 3. The van der Waals surface area contributed by atoms with Crippen molar-refractivity contribution >= 4 is 17.8 Å². The molecule has 7 atom stereocenters. The molecule has 1 N–H and O–H groups in total. The van der Waals surface area contributed by atoms with E-state index in [-0.39, 0.29) is 31.1 Å². The molecule has 3 rings (SSSR count). The normalized spacial score (nSPS) is 33.2. The smallest absolute Gasteiger partial charge is 0.312 e. The van der Waals surface area contributed by atoms with E-state index in [2.05, 4.69) is 13.5 Å². The predicted octanol–water partition coefficient (Wildman–Crippen LogP) is 1.51. The zero-order valence-electron chi connectivity index (χ0n) is 19.1. The summed E-state index contributed by atoms with van der Waals surface area (Å²) in [7, 11) is 0. The van der Waals surface area contributed by atoms with Gasteiger partial charge in [-0.1, -0.05) is 19.4 Å². The van der Waals surface area contributed by atoms with Gasteiger partial charge in [-0.2, -0.15) is 0 Å². The van der Waals surface area contributed by atoms with E-state index in [4.69, 9.17) is 9.47 Å². The van der Waals surface area contributed by atoms with Gasteiger partial charge in [0.25, 0.3) is 0 Å². The Hall–Kier alpha value is -1.93. The number of hydrogen-bond donors (Lipinski definition) is 1. The predicted molar refractivity (Wildman–Crippen MR) is 114 cm³/mol. The molecule has 0 aromatic carbocycles. The number of fused-ring (bicyclic) bond motifs is 1. The highest BCUT2D eigenvalue weighted by Gasteiger charge is 2.75. The van der Waals surface area contributed by atoms with Crippen molar-refractivity contribution in [3.8, 4) is 0 Å². The fraction of sp³-hybridized carbons (Fsp3) is 0.783. The third kappa shape index (κ3) is 3.67. The quantitative estimate of drug-likeness (QED) is 0.412. The molecule has 3 fully saturated rings. The summed E-state index contributed by atoms with van der Waals surface area (Å²) in [4.78, 5) is 43.5. The van der Waals surface area contributed by atoms with E-state index in [1.54, 1.807) is 24.8 Å². The Morgan fingerprint density at radius 1 is 1.42 bits per heavy atom. The van der Waals surface area contributed by atoms with Gasteiger partial charge in [0.1, 0.15) is 11.6 Å². The van der Waals surface area contributed by atoms with Crippen LogP contribution >= 0.6 is 0 Å². The number of likely N-dealkylation sites (tertiary alicyclic amines) is 1. The van der Waals surface area contributed by atoms with Crippen LogP contribution in [0.1, 0.15) is 53.4 Å². The summed E-state index contributed by atoms with van der Waals surface area (Å²) in [5.41, 5.74) is -1.06. The lowest BCUT2D eigenvalue weighted by molar-refractivity contribution is -0.156. The first-order valence-electron chi connectivity index (χ1n) is 11.5. The molecule has 2 bridgehead atoms. The summed E-state index contributed by atoms with van der Waals surface area (Å²) < 4.78 is 11.6. The number of rotatable bonds is 10. The first-order chi connectivity index (χ1) is 14.8. The molecular weight excluding hydrogens is 400 g/mol. The maximum absolute atomic E-state index is 14.0. The lowest BCUT2D eigenvalue weighted by Gasteiger charge is -2.40. The molecule has 31 heavy (non-hydrogen) atoms. The number of hydrogen-bond acceptors (Lipinski definition) is 6. The van der Waals surface area contributed by atoms with E-state index in [0.29, 0.717) is 19.4 Å². The van der Waals surface area contributed by atoms with Crippen LogP contribution in [0.2, 0.25) is 0 Å². The van der Waals surface area contributed by atoms with Gasteiger partial charge >= 0.3 is 5.97 Å². The van der Waals surface area contributed by atoms with Crippen molar-refractivity contribution in [1.82, 2.24) is 9.80 Å². The molecule has 1 unspecified atom stereocenters. The van der Waals surface area contributed by atoms with Crippen molar-refractivity contribution in [3.05, 3.63) is 12.7 Å². The summed E-state index contributed by atoms with van der Waals surface area (Å²) >= 11 is 0. The highest BCUT2D eigenvalue weighted by atomic mass is 16.6. The SMILES string of the molecule is C=CCN(C(=O)[C@@H]1N([C@H](C)CO)C(=O)[C@H]2[C@H](C(=O)OCC)[C@@H]3CC[C@]12O3)C(C)CCC. The monoisotopic (exact) mass is 436 g/mol. The molecule has 0 radical (unpaired) electrons. The van der Waals surface area contributed by atoms with E-state index in [1.807, 2.05) is 6.92 Å². The molecular formula is C23H36N2O6. The summed E-state index contributed by atoms with van der Waals surface area (Å²) in [6.07, 6.45) is 4.13. The Morgan fingerprint density at radius 2 is 2.13 bits per heavy atom. The Bertz CT molecular complexity index is 727. The summed E-state index contributed by atoms with van der Waals surface area (Å²) in [5.74, 6) is -2.43. The Kier molecular flexibility index (Phi) is 7.11. The van der Waals surface area contributed by atoms with Gasteiger partial charge in [-0.3, -0.25) is 14.4 Å². The van der Waals surface area contributed by atoms with Crippen LogP contribution in [-0.2, 0) is 23.9 Å². The van der Waals surface area contributed by atoms with Crippen molar-refractivity contribution in [2.24, 2.45) is 11.8 Å². The fourth-order valence-electron chi connectivity index (χ4n) is 5.80. The van der Waals surface area contributed by atoms with Gasteiger partial charge in [0.2, 0.25) is 11.8 Å². The van der Waals surface area contributed by atoms with Crippen molar-refractivity contribution in [2.45, 2.75) is 83.2 Å². The standard InChI is InChI=1S/C23H36N2O6/c1-6-9-14(4)24(12-7-2)21(28)19-23-11-10-16(31-23)17(22(29)30-8-3)18(23)20(27)25(19)15(5)13-26/h7,14-19,26H,2,6,8-13H2,1,3-5H3/t14?,15-,16+,17-,18-,19+,23-/m1/s1. The van der Waals surface area contributed by atoms with Crippen LogP contribution in [0.5, 0.6) is 0 Å². The molecule has 3 heterocycles. The van der Waals surface area contributed by atoms with Gasteiger partial charge in [-0.05, 0) is 40.0 Å². The first kappa shape index (κ1) is 23.7. The van der Waals surface area contributed by atoms with Gasteiger partial charge < -0.3 is 24.4 Å². The summed E-state index contributed by atoms with van der Waals surface area (Å²) in [5, 5.41) is 9.87. The van der Waals surface area contributed by atoms with Gasteiger partial charge in [-0.15, -0.1) is 6.58 Å². The molecule has 3 aliphatic rings. The van der Waals surface area contributed by atoms with E-state index >= 15 is 0 Å². The summed E-state index contributed by atoms with van der Waals surface area (Å²) in [6.45, 7) is 11.6. The number of ether oxygens (including phenoxy) is 2. The van der Waals surface area contributed by atoms with E-state index in [9.17, 15) is 19.5 Å². The van der Waals surface area contributed by atoms with Crippen LogP contribution in [-0.4, -0.2) is 82.3 Å². The minimum absolute atomic E-state index is 0.0354. The average Bonchev–Trinajstić information content (AvgIpc) is 3.38. The van der Waals surface area contributed by atoms with E-state index < -0.39 is 41.6 Å². The molecule has 3 aliphatic heterocycles. The summed E-state index contributed by atoms with van der Waals surface area (Å²) in [6, 6.07) is -1.48. The van der Waals surface area contributed by atoms with Crippen LogP contribution in [0.4, 0.5) is 0 Å². The second-order valence-corrected chi connectivity index (χ2v) is 9.00. The molecule has 0 aromatic heterocycles. The second-order valence-electron chi connectivity index (χ2n) is 9.00. The van der Waals surface area contributed by atoms with Crippen molar-refractivity contribution in [3.63, 3.8) is 0 Å². The van der Waals surface area contributed by atoms with Gasteiger partial charge in [-0.25, -0.2) is 0 Å². The number of nitrogens with zero attached hydrogens (tertiary/aromatic N) is 2. The number of aliphatic hydroxyl groups excluding tert-OH is 1. The maximum atomic E-state index is 14.0. The number of esters is 1. The lowest BCUT2D eigenvalue weighted by atomic mass is 9.70. The topological polar surface area (TPSA) is 96.4 Å². The number of carbonyl (C=O) groups is 3. The number of amides is 2. The molecule has 1 spiro atoms. The van der Waals surface area contributed by atoms with Crippen LogP contribution in [0.15, 0.2) is 12.7 Å². The molecule has 8 heteroatoms. The first-order valence-corrected chi connectivity index (χ1v) is 11.5. The zero-order chi connectivity index (χ0) is 22.9. The molecule has 0 aromatic rings. The van der Waals surface area contributed by atoms with Crippen LogP contribution in [0.3, 0.4) is 0 Å². The van der Waals surface area contributed by atoms with Crippen LogP contribution in [0, 0.1) is 11.8 Å². The number of aliphatic hydroxyl groups is 1. The molecule has 0 saturated carbocycles.